The first kappa shape index (κ1) is 15.0. The zero-order valence-corrected chi connectivity index (χ0v) is 11.5. The number of hydrogen-bond acceptors (Lipinski definition) is 2. The molecule has 1 aromatic carbocycles. The topological polar surface area (TPSA) is 79.5 Å². The highest BCUT2D eigenvalue weighted by molar-refractivity contribution is 5.84. The number of carbonyl (C=O) groups is 1. The van der Waals surface area contributed by atoms with Gasteiger partial charge >= 0.3 is 0 Å². The highest BCUT2D eigenvalue weighted by Gasteiger charge is 2.01. The van der Waals surface area contributed by atoms with Gasteiger partial charge in [0.25, 0.3) is 0 Å². The molecule has 0 radical (unpaired) electrons. The summed E-state index contributed by atoms with van der Waals surface area (Å²) < 4.78 is 0. The molecule has 0 spiro atoms. The summed E-state index contributed by atoms with van der Waals surface area (Å²) >= 11 is 0. The van der Waals surface area contributed by atoms with Gasteiger partial charge in [0.05, 0.1) is 0 Å². The van der Waals surface area contributed by atoms with E-state index in [0.29, 0.717) is 12.5 Å². The molecule has 0 aliphatic heterocycles. The van der Waals surface area contributed by atoms with Crippen LogP contribution in [0.5, 0.6) is 0 Å². The summed E-state index contributed by atoms with van der Waals surface area (Å²) in [6, 6.07) is 10.2. The Bertz CT molecular complexity index is 415. The molecule has 0 heterocycles. The smallest absolute Gasteiger partial charge is 0.241 e. The van der Waals surface area contributed by atoms with Crippen LogP contribution in [0.3, 0.4) is 0 Å². The number of carbonyl (C=O) groups excluding carboxylic acids is 1. The molecular weight excluding hydrogens is 240 g/mol. The molecule has 0 saturated carbocycles. The van der Waals surface area contributed by atoms with E-state index in [4.69, 9.17) is 5.73 Å². The summed E-state index contributed by atoms with van der Waals surface area (Å²) in [6.07, 6.45) is 0.815. The van der Waals surface area contributed by atoms with E-state index in [-0.39, 0.29) is 18.5 Å². The standard InChI is InChI=1S/C14H22N4O/c1-11(2)18-14(15)17-10-13(19)16-9-8-12-6-4-3-5-7-12/h3-7,11H,8-10H2,1-2H3,(H,16,19)(H3,15,17,18). The van der Waals surface area contributed by atoms with E-state index in [9.17, 15) is 4.79 Å². The number of rotatable bonds is 6. The van der Waals surface area contributed by atoms with Gasteiger partial charge in [0.2, 0.25) is 5.91 Å². The molecule has 19 heavy (non-hydrogen) atoms. The Balaban J connectivity index is 2.21. The van der Waals surface area contributed by atoms with E-state index >= 15 is 0 Å². The normalized spacial score (nSPS) is 11.4. The van der Waals surface area contributed by atoms with Crippen molar-refractivity contribution in [3.8, 4) is 0 Å². The molecule has 0 aliphatic rings. The van der Waals surface area contributed by atoms with Crippen molar-refractivity contribution in [3.05, 3.63) is 35.9 Å². The van der Waals surface area contributed by atoms with Crippen LogP contribution in [0, 0.1) is 0 Å². The van der Waals surface area contributed by atoms with Crippen LogP contribution in [-0.4, -0.2) is 31.0 Å². The van der Waals surface area contributed by atoms with Crippen LogP contribution in [0.1, 0.15) is 19.4 Å². The van der Waals surface area contributed by atoms with Gasteiger partial charge in [-0.2, -0.15) is 0 Å². The zero-order chi connectivity index (χ0) is 14.1. The monoisotopic (exact) mass is 262 g/mol. The van der Waals surface area contributed by atoms with Crippen molar-refractivity contribution >= 4 is 11.9 Å². The third kappa shape index (κ3) is 7.08. The number of nitrogens with one attached hydrogen (secondary N) is 2. The van der Waals surface area contributed by atoms with Crippen molar-refractivity contribution in [1.29, 1.82) is 0 Å². The maximum Gasteiger partial charge on any atom is 0.241 e. The van der Waals surface area contributed by atoms with E-state index in [1.165, 1.54) is 5.56 Å². The van der Waals surface area contributed by atoms with Crippen LogP contribution in [0.15, 0.2) is 35.3 Å². The zero-order valence-electron chi connectivity index (χ0n) is 11.5. The number of nitrogens with two attached hydrogens (primary N) is 1. The second-order valence-electron chi connectivity index (χ2n) is 4.59. The molecule has 0 bridgehead atoms. The average Bonchev–Trinajstić information content (AvgIpc) is 2.37. The number of hydrogen-bond donors (Lipinski definition) is 3. The largest absolute Gasteiger partial charge is 0.370 e. The summed E-state index contributed by atoms with van der Waals surface area (Å²) in [7, 11) is 0. The number of benzene rings is 1. The molecule has 5 heteroatoms. The Morgan fingerprint density at radius 2 is 2.00 bits per heavy atom. The van der Waals surface area contributed by atoms with Crippen molar-refractivity contribution in [2.45, 2.75) is 26.3 Å². The van der Waals surface area contributed by atoms with Crippen LogP contribution in [-0.2, 0) is 11.2 Å². The fourth-order valence-electron chi connectivity index (χ4n) is 1.55. The molecule has 0 atom stereocenters. The maximum atomic E-state index is 11.5. The van der Waals surface area contributed by atoms with Gasteiger partial charge in [-0.15, -0.1) is 0 Å². The summed E-state index contributed by atoms with van der Waals surface area (Å²) in [5.74, 6) is 0.178. The number of amides is 1. The Morgan fingerprint density at radius 3 is 2.63 bits per heavy atom. The maximum absolute atomic E-state index is 11.5. The number of aliphatic imine (C=N–C) groups is 1. The van der Waals surface area contributed by atoms with E-state index in [1.807, 2.05) is 44.2 Å². The van der Waals surface area contributed by atoms with Crippen LogP contribution in [0.4, 0.5) is 0 Å². The fraction of sp³-hybridized carbons (Fsp3) is 0.429. The lowest BCUT2D eigenvalue weighted by Crippen LogP contribution is -2.38. The second kappa shape index (κ2) is 8.13. The average molecular weight is 262 g/mol. The number of nitrogens with zero attached hydrogens (tertiary/aromatic N) is 1. The molecule has 1 amide bonds. The Labute approximate surface area is 114 Å². The van der Waals surface area contributed by atoms with Crippen molar-refractivity contribution in [2.24, 2.45) is 10.7 Å². The van der Waals surface area contributed by atoms with E-state index in [1.54, 1.807) is 0 Å². The van der Waals surface area contributed by atoms with Gasteiger partial charge in [0.15, 0.2) is 5.96 Å². The van der Waals surface area contributed by atoms with Gasteiger partial charge in [-0.25, -0.2) is 4.99 Å². The lowest BCUT2D eigenvalue weighted by atomic mass is 10.1. The molecule has 1 aromatic rings. The van der Waals surface area contributed by atoms with Crippen LogP contribution in [0.25, 0.3) is 0 Å². The number of guanidine groups is 1. The van der Waals surface area contributed by atoms with Gasteiger partial charge < -0.3 is 16.4 Å². The molecular formula is C14H22N4O. The summed E-state index contributed by atoms with van der Waals surface area (Å²) in [6.45, 7) is 4.58. The minimum absolute atomic E-state index is 0.0559. The van der Waals surface area contributed by atoms with Gasteiger partial charge in [-0.05, 0) is 25.8 Å². The molecule has 0 aromatic heterocycles. The molecule has 0 aliphatic carbocycles. The van der Waals surface area contributed by atoms with Crippen molar-refractivity contribution < 1.29 is 4.79 Å². The molecule has 0 saturated heterocycles. The van der Waals surface area contributed by atoms with Crippen LogP contribution < -0.4 is 16.4 Å². The highest BCUT2D eigenvalue weighted by atomic mass is 16.1. The Kier molecular flexibility index (Phi) is 6.43. The predicted octanol–water partition coefficient (Wildman–Crippen LogP) is 0.658. The molecule has 104 valence electrons. The first-order chi connectivity index (χ1) is 9.08. The third-order valence-corrected chi connectivity index (χ3v) is 2.41. The van der Waals surface area contributed by atoms with E-state index in [2.05, 4.69) is 15.6 Å². The third-order valence-electron chi connectivity index (χ3n) is 2.41. The summed E-state index contributed by atoms with van der Waals surface area (Å²) in [4.78, 5) is 15.5. The van der Waals surface area contributed by atoms with Crippen LogP contribution >= 0.6 is 0 Å². The minimum Gasteiger partial charge on any atom is -0.370 e. The second-order valence-corrected chi connectivity index (χ2v) is 4.59. The molecule has 1 rings (SSSR count). The van der Waals surface area contributed by atoms with Crippen molar-refractivity contribution in [1.82, 2.24) is 10.6 Å². The van der Waals surface area contributed by atoms with Crippen molar-refractivity contribution in [3.63, 3.8) is 0 Å². The minimum atomic E-state index is -0.121. The molecule has 4 N–H and O–H groups in total. The van der Waals surface area contributed by atoms with Gasteiger partial charge in [-0.1, -0.05) is 30.3 Å². The SMILES string of the molecule is CC(C)NC(N)=NCC(=O)NCCc1ccccc1. The van der Waals surface area contributed by atoms with E-state index < -0.39 is 0 Å². The first-order valence-electron chi connectivity index (χ1n) is 6.45. The molecule has 0 unspecified atom stereocenters. The van der Waals surface area contributed by atoms with Crippen LogP contribution in [0.2, 0.25) is 0 Å². The highest BCUT2D eigenvalue weighted by Crippen LogP contribution is 1.97. The van der Waals surface area contributed by atoms with Gasteiger partial charge in [0.1, 0.15) is 6.54 Å². The van der Waals surface area contributed by atoms with Crippen molar-refractivity contribution in [2.75, 3.05) is 13.1 Å². The molecule has 0 fully saturated rings. The Morgan fingerprint density at radius 1 is 1.32 bits per heavy atom. The summed E-state index contributed by atoms with van der Waals surface area (Å²) in [5, 5.41) is 5.74. The fourth-order valence-corrected chi connectivity index (χ4v) is 1.55. The summed E-state index contributed by atoms with van der Waals surface area (Å²) in [5.41, 5.74) is 6.80. The van der Waals surface area contributed by atoms with Gasteiger partial charge in [-0.3, -0.25) is 4.79 Å². The Hall–Kier alpha value is -2.04. The quantitative estimate of drug-likeness (QED) is 0.520. The lowest BCUT2D eigenvalue weighted by Gasteiger charge is -2.08. The predicted molar refractivity (Wildman–Crippen MR) is 77.9 cm³/mol. The lowest BCUT2D eigenvalue weighted by molar-refractivity contribution is -0.119. The van der Waals surface area contributed by atoms with E-state index in [0.717, 1.165) is 6.42 Å². The van der Waals surface area contributed by atoms with Gasteiger partial charge in [0, 0.05) is 12.6 Å². The molecule has 5 nitrogen and oxygen atoms in total. The first-order valence-corrected chi connectivity index (χ1v) is 6.45.